The summed E-state index contributed by atoms with van der Waals surface area (Å²) in [5.41, 5.74) is 2.31. The third-order valence-corrected chi connectivity index (χ3v) is 7.64. The van der Waals surface area contributed by atoms with Crippen LogP contribution in [-0.4, -0.2) is 85.3 Å². The quantitative estimate of drug-likeness (QED) is 0.123. The van der Waals surface area contributed by atoms with Crippen molar-refractivity contribution in [2.24, 2.45) is 0 Å². The topological polar surface area (TPSA) is 187 Å². The van der Waals surface area contributed by atoms with Crippen LogP contribution >= 0.6 is 0 Å². The van der Waals surface area contributed by atoms with Gasteiger partial charge < -0.3 is 45.6 Å². The van der Waals surface area contributed by atoms with Gasteiger partial charge in [-0.15, -0.1) is 0 Å². The number of benzene rings is 2. The normalized spacial score (nSPS) is 23.4. The van der Waals surface area contributed by atoms with Gasteiger partial charge in [-0.2, -0.15) is 0 Å². The summed E-state index contributed by atoms with van der Waals surface area (Å²) < 4.78 is 10.8. The van der Waals surface area contributed by atoms with E-state index in [0.29, 0.717) is 28.3 Å². The van der Waals surface area contributed by atoms with Crippen LogP contribution in [-0.2, 0) is 14.3 Å². The number of pyridine rings is 2. The molecule has 0 unspecified atom stereocenters. The van der Waals surface area contributed by atoms with Gasteiger partial charge in [-0.05, 0) is 41.5 Å². The van der Waals surface area contributed by atoms with Crippen molar-refractivity contribution in [2.75, 3.05) is 23.8 Å². The highest BCUT2D eigenvalue weighted by Crippen LogP contribution is 2.43. The molecule has 1 aliphatic heterocycles. The number of para-hydroxylation sites is 1. The highest BCUT2D eigenvalue weighted by Gasteiger charge is 2.44. The van der Waals surface area contributed by atoms with Crippen LogP contribution in [0.25, 0.3) is 0 Å². The Morgan fingerprint density at radius 2 is 1.53 bits per heavy atom. The van der Waals surface area contributed by atoms with E-state index in [0.717, 1.165) is 0 Å². The molecular weight excluding hydrogens is 580 g/mol. The third-order valence-electron chi connectivity index (χ3n) is 7.64. The van der Waals surface area contributed by atoms with Gasteiger partial charge in [-0.1, -0.05) is 60.7 Å². The Kier molecular flexibility index (Phi) is 10.8. The molecule has 236 valence electrons. The molecule has 0 spiro atoms. The lowest BCUT2D eigenvalue weighted by Gasteiger charge is -2.39. The average molecular weight is 617 g/mol. The first kappa shape index (κ1) is 32.1. The molecule has 7 N–H and O–H groups in total. The van der Waals surface area contributed by atoms with Crippen LogP contribution in [0.5, 0.6) is 0 Å². The third kappa shape index (κ3) is 7.70. The number of aliphatic hydroxyl groups excluding tert-OH is 5. The Bertz CT molecular complexity index is 1500. The van der Waals surface area contributed by atoms with Crippen molar-refractivity contribution < 1.29 is 39.8 Å². The summed E-state index contributed by atoms with van der Waals surface area (Å²) in [6.45, 7) is -1.20. The van der Waals surface area contributed by atoms with Crippen LogP contribution in [0.4, 0.5) is 11.5 Å². The van der Waals surface area contributed by atoms with Gasteiger partial charge in [0.1, 0.15) is 36.8 Å². The fourth-order valence-corrected chi connectivity index (χ4v) is 5.35. The molecule has 1 amide bonds. The van der Waals surface area contributed by atoms with E-state index in [1.54, 1.807) is 42.7 Å². The van der Waals surface area contributed by atoms with Gasteiger partial charge in [0.2, 0.25) is 0 Å². The van der Waals surface area contributed by atoms with Crippen molar-refractivity contribution in [3.63, 3.8) is 0 Å². The Morgan fingerprint density at radius 3 is 2.22 bits per heavy atom. The predicted molar refractivity (Wildman–Crippen MR) is 164 cm³/mol. The van der Waals surface area contributed by atoms with Crippen molar-refractivity contribution >= 4 is 17.4 Å². The second kappa shape index (κ2) is 15.1. The number of nitrogens with one attached hydrogen (secondary N) is 2. The maximum absolute atomic E-state index is 13.2. The molecule has 0 bridgehead atoms. The van der Waals surface area contributed by atoms with E-state index in [1.165, 1.54) is 0 Å². The summed E-state index contributed by atoms with van der Waals surface area (Å²) in [6, 6.07) is 26.6. The molecule has 12 nitrogen and oxygen atoms in total. The number of carbonyl (C=O) groups is 1. The average Bonchev–Trinajstić information content (AvgIpc) is 3.08. The van der Waals surface area contributed by atoms with Crippen LogP contribution < -0.4 is 10.6 Å². The van der Waals surface area contributed by atoms with Crippen LogP contribution in [0.3, 0.4) is 0 Å². The van der Waals surface area contributed by atoms with Crippen molar-refractivity contribution in [1.29, 1.82) is 0 Å². The number of anilines is 2. The van der Waals surface area contributed by atoms with E-state index < -0.39 is 67.9 Å². The molecule has 1 fully saturated rings. The zero-order valence-electron chi connectivity index (χ0n) is 24.2. The van der Waals surface area contributed by atoms with Crippen molar-refractivity contribution in [2.45, 2.75) is 48.8 Å². The first-order valence-corrected chi connectivity index (χ1v) is 14.5. The van der Waals surface area contributed by atoms with Crippen LogP contribution in [0.2, 0.25) is 0 Å². The molecule has 0 radical (unpaired) electrons. The van der Waals surface area contributed by atoms with Crippen molar-refractivity contribution in [3.05, 3.63) is 120 Å². The van der Waals surface area contributed by atoms with Crippen LogP contribution in [0.15, 0.2) is 103 Å². The lowest BCUT2D eigenvalue weighted by molar-refractivity contribution is -0.299. The molecule has 2 aromatic heterocycles. The Balaban J connectivity index is 1.45. The maximum atomic E-state index is 13.2. The molecule has 45 heavy (non-hydrogen) atoms. The molecule has 1 aliphatic rings. The predicted octanol–water partition coefficient (Wildman–Crippen LogP) is 1.90. The van der Waals surface area contributed by atoms with Crippen molar-refractivity contribution in [3.8, 4) is 0 Å². The molecule has 2 aromatic carbocycles. The molecule has 8 atom stereocenters. The SMILES string of the molecule is O=C(CO[C@@H]1O[C@H](CO)[C@@H](O)[C@H](O)[C@H]1O)Nc1ccccc1[C@@H](Nc1ccccn1)[C@H](c1ccccn1)[C@H](O)c1ccccc1. The Hall–Kier alpha value is -4.27. The number of carbonyl (C=O) groups excluding carboxylic acids is 1. The minimum Gasteiger partial charge on any atom is -0.394 e. The van der Waals surface area contributed by atoms with Gasteiger partial charge in [-0.3, -0.25) is 9.78 Å². The van der Waals surface area contributed by atoms with Gasteiger partial charge >= 0.3 is 0 Å². The van der Waals surface area contributed by atoms with Crippen LogP contribution in [0, 0.1) is 0 Å². The summed E-state index contributed by atoms with van der Waals surface area (Å²) in [6.07, 6.45) is -5.18. The maximum Gasteiger partial charge on any atom is 0.250 e. The summed E-state index contributed by atoms with van der Waals surface area (Å²) in [5.74, 6) is -0.719. The number of nitrogens with zero attached hydrogens (tertiary/aromatic N) is 2. The summed E-state index contributed by atoms with van der Waals surface area (Å²) in [5, 5.41) is 57.9. The summed E-state index contributed by atoms with van der Waals surface area (Å²) >= 11 is 0. The van der Waals surface area contributed by atoms with Gasteiger partial charge in [0.25, 0.3) is 5.91 Å². The minimum absolute atomic E-state index is 0.412. The summed E-state index contributed by atoms with van der Waals surface area (Å²) in [4.78, 5) is 22.2. The summed E-state index contributed by atoms with van der Waals surface area (Å²) in [7, 11) is 0. The number of ether oxygens (including phenoxy) is 2. The number of aromatic nitrogens is 2. The standard InChI is InChI=1S/C33H36N4O8/c38-18-24-30(41)31(42)32(43)33(45-24)44-19-26(39)36-22-13-5-4-12-21(22)28(37-25-15-7-9-17-35-25)27(23-14-6-8-16-34-23)29(40)20-10-2-1-3-11-20/h1-17,24,27-33,38,40-43H,18-19H2,(H,35,37)(H,36,39)/t24-,27+,28-,29-,30-,31+,32-,33-/m1/s1. The second-order valence-corrected chi connectivity index (χ2v) is 10.6. The number of aliphatic hydroxyl groups is 5. The molecule has 3 heterocycles. The Labute approximate surface area is 260 Å². The highest BCUT2D eigenvalue weighted by molar-refractivity contribution is 5.92. The van der Waals surface area contributed by atoms with E-state index in [4.69, 9.17) is 9.47 Å². The first-order chi connectivity index (χ1) is 21.9. The first-order valence-electron chi connectivity index (χ1n) is 14.5. The second-order valence-electron chi connectivity index (χ2n) is 10.6. The van der Waals surface area contributed by atoms with Crippen molar-refractivity contribution in [1.82, 2.24) is 9.97 Å². The lowest BCUT2D eigenvalue weighted by atomic mass is 9.82. The number of hydrogen-bond acceptors (Lipinski definition) is 11. The monoisotopic (exact) mass is 616 g/mol. The smallest absolute Gasteiger partial charge is 0.250 e. The fraction of sp³-hybridized carbons (Fsp3) is 0.303. The van der Waals surface area contributed by atoms with Gasteiger partial charge in [0, 0.05) is 23.8 Å². The van der Waals surface area contributed by atoms with E-state index in [-0.39, 0.29) is 0 Å². The molecular formula is C33H36N4O8. The zero-order chi connectivity index (χ0) is 31.8. The molecule has 5 rings (SSSR count). The largest absolute Gasteiger partial charge is 0.394 e. The minimum atomic E-state index is -1.64. The Morgan fingerprint density at radius 1 is 0.844 bits per heavy atom. The number of amides is 1. The number of hydrogen-bond donors (Lipinski definition) is 7. The molecule has 4 aromatic rings. The zero-order valence-corrected chi connectivity index (χ0v) is 24.2. The van der Waals surface area contributed by atoms with Gasteiger partial charge in [0.05, 0.1) is 24.7 Å². The molecule has 0 saturated carbocycles. The fourth-order valence-electron chi connectivity index (χ4n) is 5.35. The highest BCUT2D eigenvalue weighted by atomic mass is 16.7. The van der Waals surface area contributed by atoms with E-state index in [2.05, 4.69) is 20.6 Å². The van der Waals surface area contributed by atoms with Crippen LogP contribution in [0.1, 0.15) is 34.9 Å². The molecule has 12 heteroatoms. The molecule has 1 saturated heterocycles. The lowest BCUT2D eigenvalue weighted by Crippen LogP contribution is -2.59. The van der Waals surface area contributed by atoms with E-state index in [9.17, 15) is 30.3 Å². The van der Waals surface area contributed by atoms with E-state index >= 15 is 0 Å². The number of rotatable bonds is 12. The van der Waals surface area contributed by atoms with Gasteiger partial charge in [0.15, 0.2) is 6.29 Å². The molecule has 0 aliphatic carbocycles. The van der Waals surface area contributed by atoms with Gasteiger partial charge in [-0.25, -0.2) is 4.98 Å². The van der Waals surface area contributed by atoms with E-state index in [1.807, 2.05) is 60.7 Å².